The summed E-state index contributed by atoms with van der Waals surface area (Å²) in [5, 5.41) is 8.34. The molecule has 1 saturated heterocycles. The number of pyridine rings is 1. The molecule has 4 rings (SSSR count). The molecule has 1 aliphatic rings. The molecule has 0 aromatic carbocycles. The summed E-state index contributed by atoms with van der Waals surface area (Å²) in [5.74, 6) is 0.773. The van der Waals surface area contributed by atoms with Gasteiger partial charge in [-0.15, -0.1) is 0 Å². The Labute approximate surface area is 158 Å². The monoisotopic (exact) mass is 367 g/mol. The molecule has 0 aliphatic carbocycles. The van der Waals surface area contributed by atoms with Crippen molar-refractivity contribution in [2.24, 2.45) is 7.05 Å². The van der Waals surface area contributed by atoms with E-state index in [1.165, 1.54) is 19.3 Å². The minimum absolute atomic E-state index is 0.0565. The first kappa shape index (κ1) is 17.7. The number of fused-ring (bicyclic) bond motifs is 1. The van der Waals surface area contributed by atoms with E-state index in [0.717, 1.165) is 35.6 Å². The van der Waals surface area contributed by atoms with Crippen molar-refractivity contribution in [2.45, 2.75) is 32.2 Å². The van der Waals surface area contributed by atoms with E-state index in [1.54, 1.807) is 17.1 Å². The standard InChI is InChI=1S/C20H25N5O2/c1-14-16-11-15(12-21-19(16)24(2)23-14)20(26)22-13-17(18-7-6-10-27-18)25-8-4-3-5-9-25/h6-7,10-12,17H,3-5,8-9,13H2,1-2H3,(H,22,26). The maximum atomic E-state index is 12.7. The highest BCUT2D eigenvalue weighted by molar-refractivity contribution is 5.97. The number of hydrogen-bond acceptors (Lipinski definition) is 5. The first-order valence-electron chi connectivity index (χ1n) is 9.48. The second-order valence-electron chi connectivity index (χ2n) is 7.14. The predicted molar refractivity (Wildman–Crippen MR) is 102 cm³/mol. The van der Waals surface area contributed by atoms with Crippen LogP contribution in [0.2, 0.25) is 0 Å². The van der Waals surface area contributed by atoms with E-state index < -0.39 is 0 Å². The summed E-state index contributed by atoms with van der Waals surface area (Å²) in [6.07, 6.45) is 6.95. The molecule has 0 bridgehead atoms. The van der Waals surface area contributed by atoms with Crippen LogP contribution in [0.3, 0.4) is 0 Å². The Kier molecular flexibility index (Phi) is 4.94. The van der Waals surface area contributed by atoms with Crippen molar-refractivity contribution in [3.8, 4) is 0 Å². The van der Waals surface area contributed by atoms with Crippen molar-refractivity contribution >= 4 is 16.9 Å². The third-order valence-corrected chi connectivity index (χ3v) is 5.28. The highest BCUT2D eigenvalue weighted by atomic mass is 16.3. The van der Waals surface area contributed by atoms with Gasteiger partial charge in [0.2, 0.25) is 0 Å². The van der Waals surface area contributed by atoms with Crippen LogP contribution in [-0.4, -0.2) is 45.2 Å². The lowest BCUT2D eigenvalue weighted by atomic mass is 10.1. The Morgan fingerprint density at radius 3 is 2.89 bits per heavy atom. The van der Waals surface area contributed by atoms with Crippen molar-refractivity contribution in [3.05, 3.63) is 47.7 Å². The predicted octanol–water partition coefficient (Wildman–Crippen LogP) is 2.83. The lowest BCUT2D eigenvalue weighted by molar-refractivity contribution is 0.0914. The fraction of sp³-hybridized carbons (Fsp3) is 0.450. The van der Waals surface area contributed by atoms with Crippen LogP contribution >= 0.6 is 0 Å². The molecule has 142 valence electrons. The van der Waals surface area contributed by atoms with Gasteiger partial charge < -0.3 is 9.73 Å². The van der Waals surface area contributed by atoms with Gasteiger partial charge in [0.05, 0.1) is 23.6 Å². The second kappa shape index (κ2) is 7.52. The number of nitrogens with zero attached hydrogens (tertiary/aromatic N) is 4. The molecule has 27 heavy (non-hydrogen) atoms. The van der Waals surface area contributed by atoms with Gasteiger partial charge in [-0.3, -0.25) is 14.4 Å². The summed E-state index contributed by atoms with van der Waals surface area (Å²) >= 11 is 0. The van der Waals surface area contributed by atoms with Crippen molar-refractivity contribution < 1.29 is 9.21 Å². The summed E-state index contributed by atoms with van der Waals surface area (Å²) in [6, 6.07) is 5.80. The number of aryl methyl sites for hydroxylation is 2. The van der Waals surface area contributed by atoms with E-state index in [0.29, 0.717) is 12.1 Å². The number of piperidine rings is 1. The van der Waals surface area contributed by atoms with Crippen LogP contribution in [0, 0.1) is 6.92 Å². The minimum atomic E-state index is -0.124. The van der Waals surface area contributed by atoms with Crippen molar-refractivity contribution in [1.29, 1.82) is 0 Å². The number of carbonyl (C=O) groups is 1. The average Bonchev–Trinajstić information content (AvgIpc) is 3.31. The van der Waals surface area contributed by atoms with E-state index in [1.807, 2.05) is 32.2 Å². The van der Waals surface area contributed by atoms with E-state index in [9.17, 15) is 4.79 Å². The summed E-state index contributed by atoms with van der Waals surface area (Å²) in [6.45, 7) is 4.50. The van der Waals surface area contributed by atoms with Crippen molar-refractivity contribution in [2.75, 3.05) is 19.6 Å². The number of carbonyl (C=O) groups excluding carboxylic acids is 1. The molecule has 7 nitrogen and oxygen atoms in total. The van der Waals surface area contributed by atoms with Gasteiger partial charge in [0.15, 0.2) is 5.65 Å². The molecule has 3 aromatic heterocycles. The molecule has 1 aliphatic heterocycles. The number of aromatic nitrogens is 3. The Morgan fingerprint density at radius 2 is 2.15 bits per heavy atom. The topological polar surface area (TPSA) is 76.2 Å². The van der Waals surface area contributed by atoms with Gasteiger partial charge in [-0.05, 0) is 51.1 Å². The Balaban J connectivity index is 1.50. The van der Waals surface area contributed by atoms with Crippen LogP contribution in [0.15, 0.2) is 35.1 Å². The first-order valence-corrected chi connectivity index (χ1v) is 9.48. The zero-order valence-electron chi connectivity index (χ0n) is 15.8. The third-order valence-electron chi connectivity index (χ3n) is 5.28. The fourth-order valence-electron chi connectivity index (χ4n) is 3.84. The molecule has 1 fully saturated rings. The molecule has 1 amide bonds. The van der Waals surface area contributed by atoms with Gasteiger partial charge in [-0.1, -0.05) is 6.42 Å². The number of hydrogen-bond donors (Lipinski definition) is 1. The summed E-state index contributed by atoms with van der Waals surface area (Å²) < 4.78 is 7.38. The number of amides is 1. The van der Waals surface area contributed by atoms with Gasteiger partial charge >= 0.3 is 0 Å². The van der Waals surface area contributed by atoms with Crippen LogP contribution in [0.5, 0.6) is 0 Å². The number of furan rings is 1. The van der Waals surface area contributed by atoms with Gasteiger partial charge in [0.25, 0.3) is 5.91 Å². The van der Waals surface area contributed by atoms with Crippen LogP contribution in [-0.2, 0) is 7.05 Å². The van der Waals surface area contributed by atoms with Gasteiger partial charge in [0.1, 0.15) is 5.76 Å². The fourth-order valence-corrected chi connectivity index (χ4v) is 3.84. The molecule has 7 heteroatoms. The molecular weight excluding hydrogens is 342 g/mol. The summed E-state index contributed by atoms with van der Waals surface area (Å²) in [7, 11) is 1.86. The summed E-state index contributed by atoms with van der Waals surface area (Å²) in [5.41, 5.74) is 2.21. The molecular formula is C20H25N5O2. The Bertz CT molecular complexity index is 925. The maximum absolute atomic E-state index is 12.7. The van der Waals surface area contributed by atoms with Crippen LogP contribution in [0.1, 0.15) is 47.1 Å². The average molecular weight is 367 g/mol. The van der Waals surface area contributed by atoms with E-state index in [2.05, 4.69) is 20.3 Å². The van der Waals surface area contributed by atoms with Crippen molar-refractivity contribution in [3.63, 3.8) is 0 Å². The minimum Gasteiger partial charge on any atom is -0.468 e. The Hall–Kier alpha value is -2.67. The van der Waals surface area contributed by atoms with E-state index in [4.69, 9.17) is 4.42 Å². The molecule has 0 saturated carbocycles. The SMILES string of the molecule is Cc1nn(C)c2ncc(C(=O)NCC(c3ccco3)N3CCCCC3)cc12. The molecule has 1 atom stereocenters. The van der Waals surface area contributed by atoms with Gasteiger partial charge in [-0.2, -0.15) is 5.10 Å². The smallest absolute Gasteiger partial charge is 0.252 e. The molecule has 1 unspecified atom stereocenters. The highest BCUT2D eigenvalue weighted by Crippen LogP contribution is 2.24. The number of likely N-dealkylation sites (tertiary alicyclic amines) is 1. The molecule has 0 radical (unpaired) electrons. The van der Waals surface area contributed by atoms with Crippen LogP contribution in [0.4, 0.5) is 0 Å². The molecule has 4 heterocycles. The number of rotatable bonds is 5. The second-order valence-corrected chi connectivity index (χ2v) is 7.14. The first-order chi connectivity index (χ1) is 13.1. The zero-order valence-corrected chi connectivity index (χ0v) is 15.8. The molecule has 3 aromatic rings. The molecule has 1 N–H and O–H groups in total. The maximum Gasteiger partial charge on any atom is 0.252 e. The van der Waals surface area contributed by atoms with Gasteiger partial charge in [0, 0.05) is 25.2 Å². The lowest BCUT2D eigenvalue weighted by Gasteiger charge is -2.33. The quantitative estimate of drug-likeness (QED) is 0.750. The summed E-state index contributed by atoms with van der Waals surface area (Å²) in [4.78, 5) is 19.5. The number of nitrogens with one attached hydrogen (secondary N) is 1. The van der Waals surface area contributed by atoms with E-state index >= 15 is 0 Å². The van der Waals surface area contributed by atoms with Crippen LogP contribution < -0.4 is 5.32 Å². The molecule has 0 spiro atoms. The van der Waals surface area contributed by atoms with Gasteiger partial charge in [-0.25, -0.2) is 4.98 Å². The third kappa shape index (κ3) is 3.60. The lowest BCUT2D eigenvalue weighted by Crippen LogP contribution is -2.40. The Morgan fingerprint density at radius 1 is 1.33 bits per heavy atom. The highest BCUT2D eigenvalue weighted by Gasteiger charge is 2.25. The van der Waals surface area contributed by atoms with Crippen LogP contribution in [0.25, 0.3) is 11.0 Å². The van der Waals surface area contributed by atoms with E-state index in [-0.39, 0.29) is 11.9 Å². The largest absolute Gasteiger partial charge is 0.468 e. The van der Waals surface area contributed by atoms with Crippen molar-refractivity contribution in [1.82, 2.24) is 25.0 Å². The normalized spacial score (nSPS) is 16.5. The zero-order chi connectivity index (χ0) is 18.8.